The highest BCUT2D eigenvalue weighted by molar-refractivity contribution is 6.06. The lowest BCUT2D eigenvalue weighted by atomic mass is 9.98. The number of fused-ring (bicyclic) bond motifs is 2. The van der Waals surface area contributed by atoms with E-state index in [1.54, 1.807) is 19.4 Å². The molecule has 0 saturated carbocycles. The highest BCUT2D eigenvalue weighted by Crippen LogP contribution is 2.37. The molecule has 3 aromatic rings. The largest absolute Gasteiger partial charge is 0.491 e. The summed E-state index contributed by atoms with van der Waals surface area (Å²) in [6.45, 7) is 1.99. The molecular weight excluding hydrogens is 396 g/mol. The summed E-state index contributed by atoms with van der Waals surface area (Å²) < 4.78 is 16.0. The van der Waals surface area contributed by atoms with Crippen LogP contribution in [0.5, 0.6) is 5.75 Å². The smallest absolute Gasteiger partial charge is 0.239 e. The molecule has 1 aliphatic heterocycles. The van der Waals surface area contributed by atoms with Gasteiger partial charge >= 0.3 is 0 Å². The van der Waals surface area contributed by atoms with Gasteiger partial charge in [0.1, 0.15) is 24.6 Å². The SMILES string of the molecule is COCCOCCOc1ccc2c(C3C(=O)Nc4cccnc43)ncnc2c1.Cl. The van der Waals surface area contributed by atoms with Crippen molar-refractivity contribution >= 4 is 34.9 Å². The van der Waals surface area contributed by atoms with Gasteiger partial charge in [0.25, 0.3) is 0 Å². The van der Waals surface area contributed by atoms with Crippen LogP contribution in [0.1, 0.15) is 17.3 Å². The van der Waals surface area contributed by atoms with Crippen LogP contribution in [-0.4, -0.2) is 54.4 Å². The Labute approximate surface area is 174 Å². The molecule has 2 aromatic heterocycles. The quantitative estimate of drug-likeness (QED) is 0.564. The zero-order valence-electron chi connectivity index (χ0n) is 15.8. The first-order chi connectivity index (χ1) is 13.8. The van der Waals surface area contributed by atoms with Crippen molar-refractivity contribution < 1.29 is 19.0 Å². The third-order valence-electron chi connectivity index (χ3n) is 4.47. The van der Waals surface area contributed by atoms with Crippen LogP contribution in [0.15, 0.2) is 42.9 Å². The normalized spacial score (nSPS) is 14.9. The number of carbonyl (C=O) groups is 1. The van der Waals surface area contributed by atoms with Crippen LogP contribution in [0.4, 0.5) is 5.69 Å². The van der Waals surface area contributed by atoms with E-state index in [1.165, 1.54) is 6.33 Å². The molecule has 1 N–H and O–H groups in total. The molecule has 9 heteroatoms. The second-order valence-electron chi connectivity index (χ2n) is 6.25. The maximum atomic E-state index is 12.5. The van der Waals surface area contributed by atoms with Crippen LogP contribution in [-0.2, 0) is 14.3 Å². The summed E-state index contributed by atoms with van der Waals surface area (Å²) in [6.07, 6.45) is 3.14. The molecule has 3 heterocycles. The molecule has 0 radical (unpaired) electrons. The number of benzene rings is 1. The lowest BCUT2D eigenvalue weighted by Crippen LogP contribution is -2.15. The molecule has 29 heavy (non-hydrogen) atoms. The first-order valence-electron chi connectivity index (χ1n) is 8.98. The van der Waals surface area contributed by atoms with Gasteiger partial charge < -0.3 is 19.5 Å². The van der Waals surface area contributed by atoms with Gasteiger partial charge in [-0.25, -0.2) is 9.97 Å². The summed E-state index contributed by atoms with van der Waals surface area (Å²) in [5, 5.41) is 3.66. The fraction of sp³-hybridized carbons (Fsp3) is 0.300. The summed E-state index contributed by atoms with van der Waals surface area (Å²) in [6, 6.07) is 9.19. The molecular formula is C20H21ClN4O4. The Hall–Kier alpha value is -2.81. The third kappa shape index (κ3) is 4.45. The number of nitrogens with one attached hydrogen (secondary N) is 1. The highest BCUT2D eigenvalue weighted by atomic mass is 35.5. The lowest BCUT2D eigenvalue weighted by Gasteiger charge is -2.12. The summed E-state index contributed by atoms with van der Waals surface area (Å²) >= 11 is 0. The zero-order valence-corrected chi connectivity index (χ0v) is 16.6. The van der Waals surface area contributed by atoms with Crippen molar-refractivity contribution in [1.82, 2.24) is 15.0 Å². The van der Waals surface area contributed by atoms with E-state index in [0.29, 0.717) is 49.1 Å². The number of carbonyl (C=O) groups excluding carboxylic acids is 1. The molecule has 1 aliphatic rings. The maximum Gasteiger partial charge on any atom is 0.239 e. The van der Waals surface area contributed by atoms with Crippen LogP contribution in [0.2, 0.25) is 0 Å². The Morgan fingerprint density at radius 3 is 2.76 bits per heavy atom. The first-order valence-corrected chi connectivity index (χ1v) is 8.98. The van der Waals surface area contributed by atoms with Crippen molar-refractivity contribution in [2.75, 3.05) is 38.9 Å². The van der Waals surface area contributed by atoms with E-state index in [9.17, 15) is 4.79 Å². The first kappa shape index (κ1) is 20.9. The topological polar surface area (TPSA) is 95.5 Å². The number of aromatic nitrogens is 3. The van der Waals surface area contributed by atoms with E-state index in [2.05, 4.69) is 20.3 Å². The van der Waals surface area contributed by atoms with Gasteiger partial charge in [-0.3, -0.25) is 9.78 Å². The van der Waals surface area contributed by atoms with E-state index in [0.717, 1.165) is 11.1 Å². The number of hydrogen-bond donors (Lipinski definition) is 1. The summed E-state index contributed by atoms with van der Waals surface area (Å²) in [4.78, 5) is 25.6. The predicted octanol–water partition coefficient (Wildman–Crippen LogP) is 2.57. The molecule has 4 rings (SSSR count). The van der Waals surface area contributed by atoms with Crippen molar-refractivity contribution in [3.8, 4) is 5.75 Å². The van der Waals surface area contributed by atoms with E-state index < -0.39 is 5.92 Å². The van der Waals surface area contributed by atoms with E-state index in [1.807, 2.05) is 24.3 Å². The Bertz CT molecular complexity index is 1000. The second kappa shape index (κ2) is 9.60. The average Bonchev–Trinajstić information content (AvgIpc) is 3.05. The second-order valence-corrected chi connectivity index (χ2v) is 6.25. The fourth-order valence-corrected chi connectivity index (χ4v) is 3.18. The molecule has 0 bridgehead atoms. The van der Waals surface area contributed by atoms with Crippen molar-refractivity contribution in [2.24, 2.45) is 0 Å². The maximum absolute atomic E-state index is 12.5. The van der Waals surface area contributed by atoms with E-state index in [4.69, 9.17) is 14.2 Å². The van der Waals surface area contributed by atoms with Gasteiger partial charge in [0.15, 0.2) is 0 Å². The zero-order chi connectivity index (χ0) is 19.3. The van der Waals surface area contributed by atoms with Crippen LogP contribution in [0.25, 0.3) is 10.9 Å². The predicted molar refractivity (Wildman–Crippen MR) is 110 cm³/mol. The monoisotopic (exact) mass is 416 g/mol. The number of hydrogen-bond acceptors (Lipinski definition) is 7. The molecule has 1 unspecified atom stereocenters. The Morgan fingerprint density at radius 2 is 1.90 bits per heavy atom. The molecule has 0 saturated heterocycles. The van der Waals surface area contributed by atoms with Crippen LogP contribution >= 0.6 is 12.4 Å². The highest BCUT2D eigenvalue weighted by Gasteiger charge is 2.35. The number of pyridine rings is 1. The van der Waals surface area contributed by atoms with Crippen LogP contribution < -0.4 is 10.1 Å². The standard InChI is InChI=1S/C20H20N4O4.ClH/c1-26-7-8-27-9-10-28-13-4-5-14-16(11-13)22-12-23-18(14)17-19-15(24-20(17)25)3-2-6-21-19;/h2-6,11-12,17H,7-10H2,1H3,(H,24,25);1H. The summed E-state index contributed by atoms with van der Waals surface area (Å²) in [5.41, 5.74) is 2.74. The Balaban J connectivity index is 0.00000240. The Kier molecular flexibility index (Phi) is 6.92. The number of ether oxygens (including phenoxy) is 3. The summed E-state index contributed by atoms with van der Waals surface area (Å²) in [7, 11) is 1.63. The van der Waals surface area contributed by atoms with Crippen LogP contribution in [0.3, 0.4) is 0 Å². The van der Waals surface area contributed by atoms with Gasteiger partial charge in [0, 0.05) is 24.8 Å². The number of nitrogens with zero attached hydrogens (tertiary/aromatic N) is 3. The molecule has 8 nitrogen and oxygen atoms in total. The molecule has 1 atom stereocenters. The molecule has 1 amide bonds. The molecule has 1 aromatic carbocycles. The fourth-order valence-electron chi connectivity index (χ4n) is 3.18. The third-order valence-corrected chi connectivity index (χ3v) is 4.47. The van der Waals surface area contributed by atoms with Gasteiger partial charge in [-0.15, -0.1) is 12.4 Å². The van der Waals surface area contributed by atoms with Crippen molar-refractivity contribution in [2.45, 2.75) is 5.92 Å². The molecule has 0 aliphatic carbocycles. The average molecular weight is 417 g/mol. The number of halogens is 1. The number of amides is 1. The minimum Gasteiger partial charge on any atom is -0.491 e. The molecule has 0 spiro atoms. The molecule has 0 fully saturated rings. The number of anilines is 1. The van der Waals surface area contributed by atoms with Crippen molar-refractivity contribution in [1.29, 1.82) is 0 Å². The van der Waals surface area contributed by atoms with Crippen LogP contribution in [0, 0.1) is 0 Å². The molecule has 152 valence electrons. The van der Waals surface area contributed by atoms with Crippen molar-refractivity contribution in [3.63, 3.8) is 0 Å². The van der Waals surface area contributed by atoms with E-state index in [-0.39, 0.29) is 18.3 Å². The van der Waals surface area contributed by atoms with Gasteiger partial charge in [0.05, 0.1) is 42.4 Å². The van der Waals surface area contributed by atoms with Gasteiger partial charge in [-0.1, -0.05) is 0 Å². The van der Waals surface area contributed by atoms with Crippen molar-refractivity contribution in [3.05, 3.63) is 54.2 Å². The van der Waals surface area contributed by atoms with E-state index >= 15 is 0 Å². The minimum absolute atomic E-state index is 0. The number of rotatable bonds is 8. The van der Waals surface area contributed by atoms with Gasteiger partial charge in [0.2, 0.25) is 5.91 Å². The minimum atomic E-state index is -0.553. The summed E-state index contributed by atoms with van der Waals surface area (Å²) in [5.74, 6) is -0.00761. The van der Waals surface area contributed by atoms with Gasteiger partial charge in [-0.2, -0.15) is 0 Å². The number of methoxy groups -OCH3 is 1. The Morgan fingerprint density at radius 1 is 1.03 bits per heavy atom. The lowest BCUT2D eigenvalue weighted by molar-refractivity contribution is -0.116. The van der Waals surface area contributed by atoms with Gasteiger partial charge in [-0.05, 0) is 24.3 Å².